The van der Waals surface area contributed by atoms with Crippen molar-refractivity contribution in [2.45, 2.75) is 26.2 Å². The Morgan fingerprint density at radius 1 is 1.64 bits per heavy atom. The smallest absolute Gasteiger partial charge is 0.226 e. The van der Waals surface area contributed by atoms with E-state index in [1.165, 1.54) is 12.8 Å². The van der Waals surface area contributed by atoms with Gasteiger partial charge in [0.25, 0.3) is 0 Å². The maximum atomic E-state index is 11.9. The van der Waals surface area contributed by atoms with Crippen molar-refractivity contribution >= 4 is 11.6 Å². The Balaban J connectivity index is 1.92. The first-order valence-electron chi connectivity index (χ1n) is 5.21. The van der Waals surface area contributed by atoms with Crippen LogP contribution in [0.3, 0.4) is 0 Å². The van der Waals surface area contributed by atoms with Crippen LogP contribution in [-0.2, 0) is 4.79 Å². The number of hydrogen-bond acceptors (Lipinski definition) is 3. The molecule has 14 heavy (non-hydrogen) atoms. The zero-order chi connectivity index (χ0) is 10.1. The first kappa shape index (κ1) is 9.49. The standard InChI is InChI=1S/C10H16N2O2/c1-7(8-2-3-8)10(13)12-5-4-9(6-12)11-14/h7-8,14H,2-6H2,1H3/b11-9+. The molecule has 0 radical (unpaired) electrons. The molecule has 0 aromatic carbocycles. The van der Waals surface area contributed by atoms with Crippen LogP contribution >= 0.6 is 0 Å². The number of amides is 1. The van der Waals surface area contributed by atoms with Crippen molar-refractivity contribution in [1.29, 1.82) is 0 Å². The van der Waals surface area contributed by atoms with Crippen LogP contribution in [0.1, 0.15) is 26.2 Å². The first-order chi connectivity index (χ1) is 6.72. The Kier molecular flexibility index (Phi) is 2.44. The van der Waals surface area contributed by atoms with Gasteiger partial charge in [0.05, 0.1) is 12.3 Å². The number of hydrogen-bond donors (Lipinski definition) is 1. The van der Waals surface area contributed by atoms with Crippen molar-refractivity contribution in [2.75, 3.05) is 13.1 Å². The Morgan fingerprint density at radius 3 is 2.86 bits per heavy atom. The van der Waals surface area contributed by atoms with E-state index in [1.54, 1.807) is 4.90 Å². The Labute approximate surface area is 83.6 Å². The van der Waals surface area contributed by atoms with E-state index in [0.717, 1.165) is 18.7 Å². The molecule has 1 saturated heterocycles. The van der Waals surface area contributed by atoms with Crippen LogP contribution in [-0.4, -0.2) is 34.8 Å². The number of rotatable bonds is 2. The summed E-state index contributed by atoms with van der Waals surface area (Å²) in [6, 6.07) is 0. The SMILES string of the molecule is CC(C(=O)N1CC/C(=N\O)C1)C1CC1. The number of carbonyl (C=O) groups excluding carboxylic acids is 1. The van der Waals surface area contributed by atoms with Gasteiger partial charge in [-0.1, -0.05) is 12.1 Å². The predicted octanol–water partition coefficient (Wildman–Crippen LogP) is 1.10. The Hall–Kier alpha value is -1.06. The number of carbonyl (C=O) groups is 1. The summed E-state index contributed by atoms with van der Waals surface area (Å²) in [6.45, 7) is 3.25. The molecule has 2 rings (SSSR count). The molecule has 0 aromatic heterocycles. The highest BCUT2D eigenvalue weighted by Gasteiger charge is 2.36. The Bertz CT molecular complexity index is 271. The molecular formula is C10H16N2O2. The minimum absolute atomic E-state index is 0.160. The lowest BCUT2D eigenvalue weighted by molar-refractivity contribution is -0.134. The average Bonchev–Trinajstić information content (AvgIpc) is 2.94. The summed E-state index contributed by atoms with van der Waals surface area (Å²) in [5.74, 6) is 0.997. The summed E-state index contributed by atoms with van der Waals surface area (Å²) in [5.41, 5.74) is 0.723. The second-order valence-corrected chi connectivity index (χ2v) is 4.30. The fraction of sp³-hybridized carbons (Fsp3) is 0.800. The van der Waals surface area contributed by atoms with Crippen molar-refractivity contribution in [3.05, 3.63) is 0 Å². The summed E-state index contributed by atoms with van der Waals surface area (Å²) < 4.78 is 0. The van der Waals surface area contributed by atoms with Gasteiger partial charge in [-0.15, -0.1) is 0 Å². The zero-order valence-corrected chi connectivity index (χ0v) is 8.44. The second-order valence-electron chi connectivity index (χ2n) is 4.30. The van der Waals surface area contributed by atoms with Gasteiger partial charge in [-0.3, -0.25) is 4.79 Å². The van der Waals surface area contributed by atoms with E-state index >= 15 is 0 Å². The van der Waals surface area contributed by atoms with Crippen molar-refractivity contribution < 1.29 is 10.0 Å². The molecule has 4 heteroatoms. The van der Waals surface area contributed by atoms with E-state index in [4.69, 9.17) is 5.21 Å². The highest BCUT2D eigenvalue weighted by atomic mass is 16.4. The number of nitrogens with zero attached hydrogens (tertiary/aromatic N) is 2. The van der Waals surface area contributed by atoms with Gasteiger partial charge in [-0.2, -0.15) is 0 Å². The normalized spacial score (nSPS) is 26.9. The summed E-state index contributed by atoms with van der Waals surface area (Å²) in [6.07, 6.45) is 3.11. The highest BCUT2D eigenvalue weighted by Crippen LogP contribution is 2.37. The quantitative estimate of drug-likeness (QED) is 0.531. The van der Waals surface area contributed by atoms with Crippen LogP contribution < -0.4 is 0 Å². The third kappa shape index (κ3) is 1.74. The van der Waals surface area contributed by atoms with Crippen LogP contribution in [0.25, 0.3) is 0 Å². The fourth-order valence-electron chi connectivity index (χ4n) is 2.00. The maximum absolute atomic E-state index is 11.9. The molecule has 1 aliphatic heterocycles. The van der Waals surface area contributed by atoms with Gasteiger partial charge in [0, 0.05) is 18.9 Å². The van der Waals surface area contributed by atoms with Crippen LogP contribution in [0.2, 0.25) is 0 Å². The van der Waals surface area contributed by atoms with E-state index < -0.39 is 0 Å². The molecule has 0 spiro atoms. The molecule has 1 amide bonds. The van der Waals surface area contributed by atoms with E-state index in [2.05, 4.69) is 5.16 Å². The van der Waals surface area contributed by atoms with Crippen molar-refractivity contribution in [3.63, 3.8) is 0 Å². The summed E-state index contributed by atoms with van der Waals surface area (Å²) in [4.78, 5) is 13.7. The molecule has 1 atom stereocenters. The third-order valence-electron chi connectivity index (χ3n) is 3.22. The van der Waals surface area contributed by atoms with Gasteiger partial charge in [0.15, 0.2) is 0 Å². The van der Waals surface area contributed by atoms with E-state index in [9.17, 15) is 4.79 Å². The average molecular weight is 196 g/mol. The van der Waals surface area contributed by atoms with E-state index in [0.29, 0.717) is 12.5 Å². The summed E-state index contributed by atoms with van der Waals surface area (Å²) >= 11 is 0. The topological polar surface area (TPSA) is 52.9 Å². The lowest BCUT2D eigenvalue weighted by Crippen LogP contribution is -2.34. The molecule has 1 aliphatic carbocycles. The molecule has 4 nitrogen and oxygen atoms in total. The number of oxime groups is 1. The maximum Gasteiger partial charge on any atom is 0.226 e. The minimum Gasteiger partial charge on any atom is -0.411 e. The minimum atomic E-state index is 0.160. The van der Waals surface area contributed by atoms with Crippen LogP contribution in [0.4, 0.5) is 0 Å². The van der Waals surface area contributed by atoms with Crippen LogP contribution in [0, 0.1) is 11.8 Å². The third-order valence-corrected chi connectivity index (χ3v) is 3.22. The van der Waals surface area contributed by atoms with Crippen molar-refractivity contribution in [2.24, 2.45) is 17.0 Å². The molecule has 2 aliphatic rings. The molecule has 1 saturated carbocycles. The molecule has 0 aromatic rings. The molecule has 0 bridgehead atoms. The van der Waals surface area contributed by atoms with Gasteiger partial charge in [-0.25, -0.2) is 0 Å². The second kappa shape index (κ2) is 3.59. The molecule has 78 valence electrons. The number of likely N-dealkylation sites (tertiary alicyclic amines) is 1. The lowest BCUT2D eigenvalue weighted by atomic mass is 10.1. The molecule has 2 fully saturated rings. The lowest BCUT2D eigenvalue weighted by Gasteiger charge is -2.19. The van der Waals surface area contributed by atoms with Gasteiger partial charge in [0.2, 0.25) is 5.91 Å². The molecular weight excluding hydrogens is 180 g/mol. The molecule has 1 heterocycles. The zero-order valence-electron chi connectivity index (χ0n) is 8.44. The first-order valence-corrected chi connectivity index (χ1v) is 5.21. The molecule has 1 unspecified atom stereocenters. The summed E-state index contributed by atoms with van der Waals surface area (Å²) in [5, 5.41) is 11.7. The predicted molar refractivity (Wildman–Crippen MR) is 52.3 cm³/mol. The monoisotopic (exact) mass is 196 g/mol. The molecule has 1 N–H and O–H groups in total. The van der Waals surface area contributed by atoms with Gasteiger partial charge in [-0.05, 0) is 18.8 Å². The van der Waals surface area contributed by atoms with Gasteiger partial charge >= 0.3 is 0 Å². The Morgan fingerprint density at radius 2 is 2.36 bits per heavy atom. The summed E-state index contributed by atoms with van der Waals surface area (Å²) in [7, 11) is 0. The largest absolute Gasteiger partial charge is 0.411 e. The van der Waals surface area contributed by atoms with Crippen molar-refractivity contribution in [1.82, 2.24) is 4.90 Å². The van der Waals surface area contributed by atoms with Crippen molar-refractivity contribution in [3.8, 4) is 0 Å². The van der Waals surface area contributed by atoms with Gasteiger partial charge in [0.1, 0.15) is 0 Å². The van der Waals surface area contributed by atoms with E-state index in [1.807, 2.05) is 6.92 Å². The van der Waals surface area contributed by atoms with Gasteiger partial charge < -0.3 is 10.1 Å². The van der Waals surface area contributed by atoms with E-state index in [-0.39, 0.29) is 11.8 Å². The highest BCUT2D eigenvalue weighted by molar-refractivity contribution is 5.93. The van der Waals surface area contributed by atoms with Crippen LogP contribution in [0.5, 0.6) is 0 Å². The fourth-order valence-corrected chi connectivity index (χ4v) is 2.00. The van der Waals surface area contributed by atoms with Crippen LogP contribution in [0.15, 0.2) is 5.16 Å².